The first-order valence-corrected chi connectivity index (χ1v) is 9.94. The number of halogens is 17. The summed E-state index contributed by atoms with van der Waals surface area (Å²) in [6.07, 6.45) is -10.5. The van der Waals surface area contributed by atoms with Crippen molar-refractivity contribution in [3.63, 3.8) is 0 Å². The van der Waals surface area contributed by atoms with E-state index >= 15 is 0 Å². The van der Waals surface area contributed by atoms with E-state index in [4.69, 9.17) is 0 Å². The normalized spacial score (nSPS) is 16.2. The molecule has 0 aliphatic rings. The Morgan fingerprint density at radius 3 is 0.971 bits per heavy atom. The van der Waals surface area contributed by atoms with Crippen LogP contribution in [0.1, 0.15) is 6.42 Å². The van der Waals surface area contributed by atoms with Crippen LogP contribution >= 0.6 is 0 Å². The summed E-state index contributed by atoms with van der Waals surface area (Å²) in [4.78, 5) is 0. The molecule has 0 N–H and O–H groups in total. The third kappa shape index (κ3) is 4.55. The minimum absolute atomic E-state index is 0.668. The lowest BCUT2D eigenvalue weighted by Crippen LogP contribution is -2.74. The molecule has 0 heterocycles. The maximum Gasteiger partial charge on any atom is 0.500 e. The van der Waals surface area contributed by atoms with Crippen molar-refractivity contribution in [1.29, 1.82) is 0 Å². The Balaban J connectivity index is 6.55. The summed E-state index contributed by atoms with van der Waals surface area (Å²) < 4.78 is 237. The van der Waals surface area contributed by atoms with Gasteiger partial charge in [-0.15, -0.1) is 0 Å². The minimum Gasteiger partial charge on any atom is -0.377 e. The minimum atomic E-state index is -8.65. The average molecular weight is 568 g/mol. The Morgan fingerprint density at radius 1 is 0.441 bits per heavy atom. The van der Waals surface area contributed by atoms with Gasteiger partial charge in [0.05, 0.1) is 0 Å². The van der Waals surface area contributed by atoms with E-state index in [0.29, 0.717) is 21.3 Å². The number of hydrogen-bond acceptors (Lipinski definition) is 3. The maximum absolute atomic E-state index is 13.8. The molecule has 0 rings (SSSR count). The van der Waals surface area contributed by atoms with Crippen molar-refractivity contribution in [2.45, 2.75) is 60.1 Å². The first-order chi connectivity index (χ1) is 14.6. The molecule has 0 amide bonds. The van der Waals surface area contributed by atoms with Crippen LogP contribution in [0.5, 0.6) is 0 Å². The summed E-state index contributed by atoms with van der Waals surface area (Å²) in [5, 5.41) is 0. The van der Waals surface area contributed by atoms with E-state index in [0.717, 1.165) is 0 Å². The lowest BCUT2D eigenvalue weighted by molar-refractivity contribution is -0.461. The van der Waals surface area contributed by atoms with Gasteiger partial charge in [-0.1, -0.05) is 0 Å². The molecule has 206 valence electrons. The van der Waals surface area contributed by atoms with E-state index in [1.54, 1.807) is 0 Å². The van der Waals surface area contributed by atoms with Gasteiger partial charge in [0, 0.05) is 33.8 Å². The lowest BCUT2D eigenvalue weighted by Gasteiger charge is -2.43. The van der Waals surface area contributed by atoms with Crippen LogP contribution in [0.15, 0.2) is 0 Å². The molecule has 0 bridgehead atoms. The van der Waals surface area contributed by atoms with E-state index in [1.165, 1.54) is 0 Å². The predicted octanol–water partition coefficient (Wildman–Crippen LogP) is 6.26. The first kappa shape index (κ1) is 32.9. The zero-order chi connectivity index (χ0) is 28.0. The quantitative estimate of drug-likeness (QED) is 0.206. The molecule has 0 radical (unpaired) electrons. The summed E-state index contributed by atoms with van der Waals surface area (Å²) in [7, 11) is -2.36. The number of alkyl halides is 17. The van der Waals surface area contributed by atoms with Crippen LogP contribution in [-0.4, -0.2) is 77.8 Å². The fourth-order valence-corrected chi connectivity index (χ4v) is 3.95. The molecule has 0 fully saturated rings. The molecule has 0 aromatic carbocycles. The highest BCUT2D eigenvalue weighted by Crippen LogP contribution is 2.64. The molecule has 0 saturated carbocycles. The molecule has 3 nitrogen and oxygen atoms in total. The van der Waals surface area contributed by atoms with Gasteiger partial charge in [-0.25, -0.2) is 0 Å². The van der Waals surface area contributed by atoms with E-state index in [9.17, 15) is 74.6 Å². The van der Waals surface area contributed by atoms with E-state index in [1.807, 2.05) is 0 Å². The molecule has 34 heavy (non-hydrogen) atoms. The molecule has 0 aromatic rings. The van der Waals surface area contributed by atoms with Crippen LogP contribution in [0.4, 0.5) is 74.6 Å². The topological polar surface area (TPSA) is 27.7 Å². The van der Waals surface area contributed by atoms with E-state index in [-0.39, 0.29) is 0 Å². The van der Waals surface area contributed by atoms with Crippen LogP contribution in [0.3, 0.4) is 0 Å². The summed E-state index contributed by atoms with van der Waals surface area (Å²) in [5.74, 6) is -56.5. The Morgan fingerprint density at radius 2 is 0.706 bits per heavy atom. The largest absolute Gasteiger partial charge is 0.500 e. The van der Waals surface area contributed by atoms with E-state index in [2.05, 4.69) is 13.3 Å². The van der Waals surface area contributed by atoms with Crippen molar-refractivity contribution >= 4 is 8.80 Å². The standard InChI is InChI=1S/C13H13F17O3Si/c1-31-34(32-2,33-3)5-4-6(14,15)7(16,17)8(18,19)9(20,21)10(22,23)11(24,25)12(26,27)13(28,29)30/h4-5H2,1-3H3. The summed E-state index contributed by atoms with van der Waals surface area (Å²) in [6.45, 7) is 0. The lowest BCUT2D eigenvalue weighted by atomic mass is 9.88. The third-order valence-electron chi connectivity index (χ3n) is 4.47. The second kappa shape index (κ2) is 9.09. The Kier molecular flexibility index (Phi) is 8.80. The Bertz CT molecular complexity index is 693. The summed E-state index contributed by atoms with van der Waals surface area (Å²) >= 11 is 0. The maximum atomic E-state index is 13.8. The van der Waals surface area contributed by atoms with E-state index < -0.39 is 68.9 Å². The molecular formula is C13H13F17O3Si. The smallest absolute Gasteiger partial charge is 0.377 e. The molecule has 21 heteroatoms. The summed E-state index contributed by atoms with van der Waals surface area (Å²) in [5.41, 5.74) is 0. The molecule has 0 aromatic heterocycles. The second-order valence-corrected chi connectivity index (χ2v) is 9.53. The highest BCUT2D eigenvalue weighted by Gasteiger charge is 2.95. The Labute approximate surface area is 179 Å². The molecule has 0 aliphatic carbocycles. The van der Waals surface area contributed by atoms with Gasteiger partial charge in [-0.3, -0.25) is 0 Å². The van der Waals surface area contributed by atoms with Crippen LogP contribution in [0.25, 0.3) is 0 Å². The van der Waals surface area contributed by atoms with Gasteiger partial charge in [0.25, 0.3) is 0 Å². The zero-order valence-corrected chi connectivity index (χ0v) is 17.6. The molecule has 0 aliphatic heterocycles. The van der Waals surface area contributed by atoms with Gasteiger partial charge in [0.15, 0.2) is 0 Å². The predicted molar refractivity (Wildman–Crippen MR) is 76.9 cm³/mol. The molecule has 0 spiro atoms. The van der Waals surface area contributed by atoms with Crippen molar-refractivity contribution in [2.24, 2.45) is 0 Å². The zero-order valence-electron chi connectivity index (χ0n) is 16.6. The van der Waals surface area contributed by atoms with Crippen LogP contribution < -0.4 is 0 Å². The van der Waals surface area contributed by atoms with Gasteiger partial charge in [-0.2, -0.15) is 74.6 Å². The number of rotatable bonds is 12. The van der Waals surface area contributed by atoms with Crippen LogP contribution in [0.2, 0.25) is 6.04 Å². The molecule has 0 unspecified atom stereocenters. The van der Waals surface area contributed by atoms with Gasteiger partial charge < -0.3 is 13.3 Å². The van der Waals surface area contributed by atoms with Crippen molar-refractivity contribution in [3.8, 4) is 0 Å². The molecule has 0 saturated heterocycles. The third-order valence-corrected chi connectivity index (χ3v) is 7.19. The molecule has 0 atom stereocenters. The van der Waals surface area contributed by atoms with Crippen LogP contribution in [-0.2, 0) is 13.3 Å². The molecular weight excluding hydrogens is 555 g/mol. The first-order valence-electron chi connectivity index (χ1n) is 8.01. The van der Waals surface area contributed by atoms with Crippen LogP contribution in [0, 0.1) is 0 Å². The number of hydrogen-bond donors (Lipinski definition) is 0. The van der Waals surface area contributed by atoms with Crippen molar-refractivity contribution < 1.29 is 87.9 Å². The fourth-order valence-electron chi connectivity index (χ4n) is 2.22. The SMILES string of the molecule is CO[Si](CCC(F)(F)C(F)(F)C(F)(F)C(F)(F)C(F)(F)C(F)(F)C(F)(F)C(F)(F)F)(OC)OC. The van der Waals surface area contributed by atoms with Crippen molar-refractivity contribution in [3.05, 3.63) is 0 Å². The van der Waals surface area contributed by atoms with Gasteiger partial charge in [0.2, 0.25) is 0 Å². The van der Waals surface area contributed by atoms with Gasteiger partial charge in [0.1, 0.15) is 0 Å². The van der Waals surface area contributed by atoms with Gasteiger partial charge in [-0.05, 0) is 0 Å². The monoisotopic (exact) mass is 568 g/mol. The second-order valence-electron chi connectivity index (χ2n) is 6.44. The van der Waals surface area contributed by atoms with Crippen molar-refractivity contribution in [2.75, 3.05) is 21.3 Å². The summed E-state index contributed by atoms with van der Waals surface area (Å²) in [6, 6.07) is -1.60. The Hall–Kier alpha value is -1.09. The highest BCUT2D eigenvalue weighted by molar-refractivity contribution is 6.60. The van der Waals surface area contributed by atoms with Gasteiger partial charge >= 0.3 is 56.4 Å². The van der Waals surface area contributed by atoms with Crippen molar-refractivity contribution in [1.82, 2.24) is 0 Å². The fraction of sp³-hybridized carbons (Fsp3) is 1.00. The average Bonchev–Trinajstić information content (AvgIpc) is 2.67. The highest BCUT2D eigenvalue weighted by atomic mass is 28.4.